The van der Waals surface area contributed by atoms with Crippen LogP contribution in [0.1, 0.15) is 55.5 Å². The lowest BCUT2D eigenvalue weighted by molar-refractivity contribution is -0.117. The predicted octanol–water partition coefficient (Wildman–Crippen LogP) is 2.84. The fraction of sp³-hybridized carbons (Fsp3) is 0.579. The molecule has 1 saturated carbocycles. The monoisotopic (exact) mass is 331 g/mol. The summed E-state index contributed by atoms with van der Waals surface area (Å²) in [5.74, 6) is 0.612. The fourth-order valence-electron chi connectivity index (χ4n) is 3.10. The Labute approximate surface area is 144 Å². The van der Waals surface area contributed by atoms with E-state index in [2.05, 4.69) is 24.5 Å². The summed E-state index contributed by atoms with van der Waals surface area (Å²) < 4.78 is 0. The van der Waals surface area contributed by atoms with Crippen molar-refractivity contribution in [3.8, 4) is 0 Å². The molecule has 0 aliphatic heterocycles. The van der Waals surface area contributed by atoms with Crippen LogP contribution in [0, 0.1) is 18.8 Å². The molecule has 2 amide bonds. The van der Waals surface area contributed by atoms with Crippen molar-refractivity contribution in [2.45, 2.75) is 52.5 Å². The quantitative estimate of drug-likeness (QED) is 0.749. The minimum absolute atomic E-state index is 0.00235. The molecule has 0 radical (unpaired) electrons. The summed E-state index contributed by atoms with van der Waals surface area (Å²) in [5, 5.41) is 5.85. The molecule has 2 rings (SSSR count). The summed E-state index contributed by atoms with van der Waals surface area (Å²) in [5.41, 5.74) is 8.29. The molecule has 1 aromatic carbocycles. The van der Waals surface area contributed by atoms with Gasteiger partial charge in [0.1, 0.15) is 0 Å². The second kappa shape index (κ2) is 8.29. The van der Waals surface area contributed by atoms with Crippen molar-refractivity contribution in [3.05, 3.63) is 29.3 Å². The molecular weight excluding hydrogens is 302 g/mol. The van der Waals surface area contributed by atoms with E-state index in [1.165, 1.54) is 0 Å². The van der Waals surface area contributed by atoms with E-state index in [1.807, 2.05) is 13.0 Å². The van der Waals surface area contributed by atoms with E-state index in [0.717, 1.165) is 30.5 Å². The van der Waals surface area contributed by atoms with Gasteiger partial charge >= 0.3 is 0 Å². The van der Waals surface area contributed by atoms with Crippen molar-refractivity contribution >= 4 is 17.5 Å². The zero-order valence-electron chi connectivity index (χ0n) is 14.9. The Kier molecular flexibility index (Phi) is 6.37. The van der Waals surface area contributed by atoms with Crippen molar-refractivity contribution in [3.63, 3.8) is 0 Å². The summed E-state index contributed by atoms with van der Waals surface area (Å²) in [6.45, 7) is 6.66. The summed E-state index contributed by atoms with van der Waals surface area (Å²) in [7, 11) is 0. The van der Waals surface area contributed by atoms with Crippen LogP contribution in [0.3, 0.4) is 0 Å². The van der Waals surface area contributed by atoms with Gasteiger partial charge in [-0.15, -0.1) is 0 Å². The van der Waals surface area contributed by atoms with Gasteiger partial charge in [-0.1, -0.05) is 20.3 Å². The molecule has 0 saturated heterocycles. The number of carbonyl (C=O) groups is 2. The Hall–Kier alpha value is -1.88. The second-order valence-electron chi connectivity index (χ2n) is 7.24. The summed E-state index contributed by atoms with van der Waals surface area (Å²) in [6, 6.07) is 5.50. The molecule has 0 heterocycles. The minimum atomic E-state index is -0.0818. The average Bonchev–Trinajstić information content (AvgIpc) is 2.92. The molecule has 0 bridgehead atoms. The lowest BCUT2D eigenvalue weighted by Crippen LogP contribution is -2.28. The van der Waals surface area contributed by atoms with Crippen molar-refractivity contribution in [1.29, 1.82) is 0 Å². The van der Waals surface area contributed by atoms with Gasteiger partial charge in [-0.25, -0.2) is 0 Å². The maximum absolute atomic E-state index is 12.2. The van der Waals surface area contributed by atoms with Crippen molar-refractivity contribution < 1.29 is 9.59 Å². The number of anilines is 1. The molecule has 0 aromatic heterocycles. The zero-order chi connectivity index (χ0) is 17.7. The van der Waals surface area contributed by atoms with E-state index in [9.17, 15) is 9.59 Å². The second-order valence-corrected chi connectivity index (χ2v) is 7.24. The van der Waals surface area contributed by atoms with Crippen LogP contribution >= 0.6 is 0 Å². The highest BCUT2D eigenvalue weighted by Gasteiger charge is 2.26. The van der Waals surface area contributed by atoms with Gasteiger partial charge < -0.3 is 16.4 Å². The normalized spacial score (nSPS) is 20.2. The number of rotatable bonds is 6. The molecule has 0 unspecified atom stereocenters. The first kappa shape index (κ1) is 18.5. The lowest BCUT2D eigenvalue weighted by atomic mass is 9.99. The highest BCUT2D eigenvalue weighted by atomic mass is 16.2. The first-order chi connectivity index (χ1) is 11.4. The molecule has 1 aromatic rings. The van der Waals surface area contributed by atoms with Gasteiger partial charge in [0, 0.05) is 30.3 Å². The van der Waals surface area contributed by atoms with E-state index in [0.29, 0.717) is 24.4 Å². The van der Waals surface area contributed by atoms with Crippen molar-refractivity contribution in [2.75, 3.05) is 11.9 Å². The Bertz CT molecular complexity index is 598. The predicted molar refractivity (Wildman–Crippen MR) is 96.9 cm³/mol. The summed E-state index contributed by atoms with van der Waals surface area (Å²) in [4.78, 5) is 24.3. The first-order valence-electron chi connectivity index (χ1n) is 8.81. The maximum Gasteiger partial charge on any atom is 0.251 e. The van der Waals surface area contributed by atoms with Gasteiger partial charge in [-0.3, -0.25) is 9.59 Å². The summed E-state index contributed by atoms with van der Waals surface area (Å²) >= 11 is 0. The van der Waals surface area contributed by atoms with E-state index in [1.54, 1.807) is 12.1 Å². The highest BCUT2D eigenvalue weighted by Crippen LogP contribution is 2.27. The number of aryl methyl sites for hydroxylation is 1. The van der Waals surface area contributed by atoms with Crippen LogP contribution < -0.4 is 16.4 Å². The third kappa shape index (κ3) is 5.06. The van der Waals surface area contributed by atoms with Crippen LogP contribution in [-0.2, 0) is 4.79 Å². The van der Waals surface area contributed by atoms with Crippen LogP contribution in [0.5, 0.6) is 0 Å². The number of nitrogens with one attached hydrogen (secondary N) is 2. The minimum Gasteiger partial charge on any atom is -0.352 e. The third-order valence-electron chi connectivity index (χ3n) is 4.60. The zero-order valence-corrected chi connectivity index (χ0v) is 14.9. The SMILES string of the molecule is Cc1cc(C(=O)NCC(C)C)ccc1NC(=O)C[C@@H]1CCC[C@H]1N. The topological polar surface area (TPSA) is 84.2 Å². The molecule has 4 N–H and O–H groups in total. The Morgan fingerprint density at radius 3 is 2.62 bits per heavy atom. The fourth-order valence-corrected chi connectivity index (χ4v) is 3.10. The molecule has 0 spiro atoms. The number of benzene rings is 1. The van der Waals surface area contributed by atoms with Gasteiger partial charge in [-0.2, -0.15) is 0 Å². The van der Waals surface area contributed by atoms with Gasteiger partial charge in [0.25, 0.3) is 5.91 Å². The average molecular weight is 331 g/mol. The van der Waals surface area contributed by atoms with Gasteiger partial charge in [0.2, 0.25) is 5.91 Å². The van der Waals surface area contributed by atoms with Gasteiger partial charge in [-0.05, 0) is 55.4 Å². The van der Waals surface area contributed by atoms with Gasteiger partial charge in [0.05, 0.1) is 0 Å². The van der Waals surface area contributed by atoms with E-state index in [4.69, 9.17) is 5.73 Å². The first-order valence-corrected chi connectivity index (χ1v) is 8.81. The molecular formula is C19H29N3O2. The van der Waals surface area contributed by atoms with Crippen molar-refractivity contribution in [1.82, 2.24) is 5.32 Å². The molecule has 1 aliphatic rings. The number of amides is 2. The number of carbonyl (C=O) groups excluding carboxylic acids is 2. The van der Waals surface area contributed by atoms with E-state index >= 15 is 0 Å². The number of hydrogen-bond acceptors (Lipinski definition) is 3. The smallest absolute Gasteiger partial charge is 0.251 e. The van der Waals surface area contributed by atoms with Crippen LogP contribution in [0.2, 0.25) is 0 Å². The van der Waals surface area contributed by atoms with E-state index in [-0.39, 0.29) is 23.8 Å². The molecule has 5 heteroatoms. The number of hydrogen-bond donors (Lipinski definition) is 3. The highest BCUT2D eigenvalue weighted by molar-refractivity contribution is 5.96. The Morgan fingerprint density at radius 2 is 2.04 bits per heavy atom. The van der Waals surface area contributed by atoms with Crippen LogP contribution in [-0.4, -0.2) is 24.4 Å². The molecule has 2 atom stereocenters. The Balaban J connectivity index is 1.94. The van der Waals surface area contributed by atoms with E-state index < -0.39 is 0 Å². The molecule has 24 heavy (non-hydrogen) atoms. The van der Waals surface area contributed by atoms with Crippen LogP contribution in [0.25, 0.3) is 0 Å². The van der Waals surface area contributed by atoms with Crippen LogP contribution in [0.4, 0.5) is 5.69 Å². The number of nitrogens with two attached hydrogens (primary N) is 1. The van der Waals surface area contributed by atoms with Gasteiger partial charge in [0.15, 0.2) is 0 Å². The van der Waals surface area contributed by atoms with Crippen LogP contribution in [0.15, 0.2) is 18.2 Å². The third-order valence-corrected chi connectivity index (χ3v) is 4.60. The standard InChI is InChI=1S/C19H29N3O2/c1-12(2)11-21-19(24)15-7-8-17(13(3)9-15)22-18(23)10-14-5-4-6-16(14)20/h7-9,12,14,16H,4-6,10-11,20H2,1-3H3,(H,21,24)(H,22,23)/t14-,16+/m0/s1. The molecule has 1 aliphatic carbocycles. The molecule has 1 fully saturated rings. The van der Waals surface area contributed by atoms with Crippen molar-refractivity contribution in [2.24, 2.45) is 17.6 Å². The molecule has 132 valence electrons. The summed E-state index contributed by atoms with van der Waals surface area (Å²) in [6.07, 6.45) is 3.62. The lowest BCUT2D eigenvalue weighted by Gasteiger charge is -2.16. The largest absolute Gasteiger partial charge is 0.352 e. The maximum atomic E-state index is 12.2. The Morgan fingerprint density at radius 1 is 1.29 bits per heavy atom. The molecule has 5 nitrogen and oxygen atoms in total.